The first-order chi connectivity index (χ1) is 12.6. The lowest BCUT2D eigenvalue weighted by Gasteiger charge is -2.20. The van der Waals surface area contributed by atoms with E-state index < -0.39 is 10.0 Å². The zero-order valence-corrected chi connectivity index (χ0v) is 15.3. The number of hydrogen-bond donors (Lipinski definition) is 0. The molecule has 1 aromatic carbocycles. The number of hydrogen-bond acceptors (Lipinski definition) is 6. The monoisotopic (exact) mass is 385 g/mol. The summed E-state index contributed by atoms with van der Waals surface area (Å²) in [6.07, 6.45) is 1.68. The summed E-state index contributed by atoms with van der Waals surface area (Å²) in [6.45, 7) is 0.169. The third kappa shape index (κ3) is 3.29. The van der Waals surface area contributed by atoms with Crippen molar-refractivity contribution in [1.82, 2.24) is 9.46 Å². The molecule has 0 unspecified atom stereocenters. The Morgan fingerprint density at radius 3 is 2.65 bits per heavy atom. The molecule has 3 aromatic rings. The average Bonchev–Trinajstić information content (AvgIpc) is 3.14. The Labute approximate surface area is 155 Å². The molecule has 0 aliphatic heterocycles. The molecular formula is C18H15N3O3S2. The van der Waals surface area contributed by atoms with Crippen LogP contribution in [0.4, 0.5) is 0 Å². The van der Waals surface area contributed by atoms with Crippen LogP contribution in [0.3, 0.4) is 0 Å². The predicted molar refractivity (Wildman–Crippen MR) is 96.7 cm³/mol. The topological polar surface area (TPSA) is 87.2 Å². The number of aromatic nitrogens is 1. The normalized spacial score (nSPS) is 14.5. The van der Waals surface area contributed by atoms with Gasteiger partial charge in [-0.2, -0.15) is 9.57 Å². The average molecular weight is 385 g/mol. The predicted octanol–water partition coefficient (Wildman–Crippen LogP) is 3.63. The number of benzene rings is 1. The summed E-state index contributed by atoms with van der Waals surface area (Å²) in [4.78, 5) is 1.14. The lowest BCUT2D eigenvalue weighted by atomic mass is 10.2. The molecule has 1 saturated carbocycles. The Morgan fingerprint density at radius 1 is 1.27 bits per heavy atom. The van der Waals surface area contributed by atoms with Gasteiger partial charge in [0.25, 0.3) is 0 Å². The molecule has 4 rings (SSSR count). The van der Waals surface area contributed by atoms with Gasteiger partial charge in [0.2, 0.25) is 10.0 Å². The maximum absolute atomic E-state index is 13.0. The van der Waals surface area contributed by atoms with Gasteiger partial charge in [-0.05, 0) is 48.6 Å². The summed E-state index contributed by atoms with van der Waals surface area (Å²) in [5.74, 6) is 0.640. The lowest BCUT2D eigenvalue weighted by molar-refractivity contribution is 0.370. The molecule has 0 bridgehead atoms. The molecule has 0 radical (unpaired) electrons. The summed E-state index contributed by atoms with van der Waals surface area (Å²) in [6, 6.07) is 13.6. The lowest BCUT2D eigenvalue weighted by Crippen LogP contribution is -2.32. The highest BCUT2D eigenvalue weighted by Crippen LogP contribution is 2.34. The van der Waals surface area contributed by atoms with Crippen molar-refractivity contribution in [2.75, 3.05) is 0 Å². The highest BCUT2D eigenvalue weighted by molar-refractivity contribution is 7.89. The van der Waals surface area contributed by atoms with E-state index in [9.17, 15) is 8.42 Å². The summed E-state index contributed by atoms with van der Waals surface area (Å²) in [7, 11) is -3.66. The van der Waals surface area contributed by atoms with E-state index in [1.165, 1.54) is 28.6 Å². The summed E-state index contributed by atoms with van der Waals surface area (Å²) >= 11 is 1.54. The van der Waals surface area contributed by atoms with Crippen LogP contribution in [0, 0.1) is 11.3 Å². The Morgan fingerprint density at radius 2 is 2.04 bits per heavy atom. The molecule has 132 valence electrons. The van der Waals surface area contributed by atoms with Crippen LogP contribution >= 0.6 is 11.3 Å². The fraction of sp³-hybridized carbons (Fsp3) is 0.222. The zero-order valence-electron chi connectivity index (χ0n) is 13.7. The smallest absolute Gasteiger partial charge is 0.243 e. The molecule has 0 N–H and O–H groups in total. The SMILES string of the molecule is N#Cc1ccc(S(=O)(=O)N(Cc2cc(-c3cccs3)on2)C2CC2)cc1. The van der Waals surface area contributed by atoms with Crippen LogP contribution in [0.25, 0.3) is 10.6 Å². The van der Waals surface area contributed by atoms with Crippen LogP contribution < -0.4 is 0 Å². The molecule has 0 saturated heterocycles. The molecule has 1 aliphatic carbocycles. The first-order valence-electron chi connectivity index (χ1n) is 8.09. The Kier molecular flexibility index (Phi) is 4.36. The molecule has 6 nitrogen and oxygen atoms in total. The summed E-state index contributed by atoms with van der Waals surface area (Å²) < 4.78 is 32.9. The standard InChI is InChI=1S/C18H15N3O3S2/c19-11-13-3-7-16(8-4-13)26(22,23)21(15-5-6-15)12-14-10-17(24-20-14)18-2-1-9-25-18/h1-4,7-10,15H,5-6,12H2. The van der Waals surface area contributed by atoms with Gasteiger partial charge in [-0.25, -0.2) is 8.42 Å². The number of nitrogens with zero attached hydrogens (tertiary/aromatic N) is 3. The van der Waals surface area contributed by atoms with E-state index in [0.29, 0.717) is 17.0 Å². The number of thiophene rings is 1. The minimum absolute atomic E-state index is 0.0162. The fourth-order valence-corrected chi connectivity index (χ4v) is 5.02. The van der Waals surface area contributed by atoms with Gasteiger partial charge in [0.1, 0.15) is 0 Å². The van der Waals surface area contributed by atoms with Gasteiger partial charge in [0.15, 0.2) is 5.76 Å². The van der Waals surface area contributed by atoms with E-state index in [0.717, 1.165) is 17.7 Å². The van der Waals surface area contributed by atoms with Crippen LogP contribution in [0.2, 0.25) is 0 Å². The first kappa shape index (κ1) is 17.0. The molecule has 2 aromatic heterocycles. The molecule has 8 heteroatoms. The molecule has 1 fully saturated rings. The van der Waals surface area contributed by atoms with Crippen molar-refractivity contribution in [2.45, 2.75) is 30.3 Å². The summed E-state index contributed by atoms with van der Waals surface area (Å²) in [5, 5.41) is 14.9. The fourth-order valence-electron chi connectivity index (χ4n) is 2.69. The van der Waals surface area contributed by atoms with Gasteiger partial charge in [0.05, 0.1) is 33.6 Å². The van der Waals surface area contributed by atoms with Gasteiger partial charge in [0, 0.05) is 12.1 Å². The van der Waals surface area contributed by atoms with Crippen LogP contribution in [0.5, 0.6) is 0 Å². The second-order valence-electron chi connectivity index (χ2n) is 6.08. The Hall–Kier alpha value is -2.47. The Balaban J connectivity index is 1.60. The van der Waals surface area contributed by atoms with E-state index in [4.69, 9.17) is 9.78 Å². The van der Waals surface area contributed by atoms with Crippen molar-refractivity contribution in [3.63, 3.8) is 0 Å². The molecule has 0 spiro atoms. The van der Waals surface area contributed by atoms with Crippen LogP contribution in [0.15, 0.2) is 57.3 Å². The molecular weight excluding hydrogens is 370 g/mol. The third-order valence-corrected chi connectivity index (χ3v) is 6.98. The largest absolute Gasteiger partial charge is 0.355 e. The van der Waals surface area contributed by atoms with E-state index >= 15 is 0 Å². The maximum Gasteiger partial charge on any atom is 0.243 e. The van der Waals surface area contributed by atoms with E-state index in [1.54, 1.807) is 17.4 Å². The molecule has 0 atom stereocenters. The minimum atomic E-state index is -3.66. The second-order valence-corrected chi connectivity index (χ2v) is 8.92. The van der Waals surface area contributed by atoms with Gasteiger partial charge in [-0.1, -0.05) is 11.2 Å². The van der Waals surface area contributed by atoms with Crippen molar-refractivity contribution >= 4 is 21.4 Å². The van der Waals surface area contributed by atoms with Gasteiger partial charge < -0.3 is 4.52 Å². The van der Waals surface area contributed by atoms with Gasteiger partial charge in [-0.15, -0.1) is 11.3 Å². The Bertz CT molecular complexity index is 1040. The molecule has 1 aliphatic rings. The first-order valence-corrected chi connectivity index (χ1v) is 10.4. The minimum Gasteiger partial charge on any atom is -0.355 e. The summed E-state index contributed by atoms with van der Waals surface area (Å²) in [5.41, 5.74) is 1.01. The van der Waals surface area contributed by atoms with Crippen LogP contribution in [0.1, 0.15) is 24.1 Å². The number of rotatable bonds is 6. The van der Waals surface area contributed by atoms with E-state index in [2.05, 4.69) is 5.16 Å². The molecule has 0 amide bonds. The maximum atomic E-state index is 13.0. The van der Waals surface area contributed by atoms with Crippen molar-refractivity contribution in [3.8, 4) is 16.7 Å². The molecule has 26 heavy (non-hydrogen) atoms. The van der Waals surface area contributed by atoms with Crippen LogP contribution in [-0.2, 0) is 16.6 Å². The van der Waals surface area contributed by atoms with Crippen molar-refractivity contribution in [3.05, 3.63) is 59.1 Å². The van der Waals surface area contributed by atoms with Gasteiger partial charge in [-0.3, -0.25) is 0 Å². The van der Waals surface area contributed by atoms with Crippen molar-refractivity contribution < 1.29 is 12.9 Å². The third-order valence-electron chi connectivity index (χ3n) is 4.18. The second kappa shape index (κ2) is 6.68. The molecule has 2 heterocycles. The highest BCUT2D eigenvalue weighted by Gasteiger charge is 2.38. The quantitative estimate of drug-likeness (QED) is 0.647. The van der Waals surface area contributed by atoms with Crippen molar-refractivity contribution in [2.24, 2.45) is 0 Å². The zero-order chi connectivity index (χ0) is 18.1. The van der Waals surface area contributed by atoms with E-state index in [-0.39, 0.29) is 17.5 Å². The highest BCUT2D eigenvalue weighted by atomic mass is 32.2. The van der Waals surface area contributed by atoms with Crippen molar-refractivity contribution in [1.29, 1.82) is 5.26 Å². The number of sulfonamides is 1. The van der Waals surface area contributed by atoms with Gasteiger partial charge >= 0.3 is 0 Å². The van der Waals surface area contributed by atoms with E-state index in [1.807, 2.05) is 23.6 Å². The van der Waals surface area contributed by atoms with Crippen LogP contribution in [-0.4, -0.2) is 23.9 Å². The number of nitriles is 1.